The van der Waals surface area contributed by atoms with E-state index in [1.54, 1.807) is 60.7 Å². The van der Waals surface area contributed by atoms with Gasteiger partial charge in [0.25, 0.3) is 22.6 Å². The van der Waals surface area contributed by atoms with Crippen LogP contribution in [0.25, 0.3) is 16.2 Å². The third-order valence-corrected chi connectivity index (χ3v) is 6.39. The molecule has 2 heterocycles. The van der Waals surface area contributed by atoms with E-state index in [1.165, 1.54) is 4.57 Å². The molecule has 1 aliphatic rings. The molecular formula is C21H12N4O4S2. The number of nitrogens with zero attached hydrogens (tertiary/aromatic N) is 2. The summed E-state index contributed by atoms with van der Waals surface area (Å²) >= 11 is 1.42. The highest BCUT2D eigenvalue weighted by Gasteiger charge is 2.29. The van der Waals surface area contributed by atoms with Crippen LogP contribution in [0.2, 0.25) is 0 Å². The largest absolute Gasteiger partial charge is 0.321 e. The Kier molecular flexibility index (Phi) is 5.53. The minimum Gasteiger partial charge on any atom is -0.321 e. The van der Waals surface area contributed by atoms with Crippen LogP contribution < -0.4 is 25.4 Å². The van der Waals surface area contributed by atoms with E-state index >= 15 is 0 Å². The van der Waals surface area contributed by atoms with Crippen molar-refractivity contribution in [3.05, 3.63) is 80.2 Å². The fourth-order valence-electron chi connectivity index (χ4n) is 2.87. The second kappa shape index (κ2) is 8.43. The first-order chi connectivity index (χ1) is 15.0. The number of rotatable bonds is 3. The molecule has 10 heteroatoms. The lowest BCUT2D eigenvalue weighted by Gasteiger charge is -2.05. The molecule has 0 unspecified atom stereocenters. The summed E-state index contributed by atoms with van der Waals surface area (Å²) < 4.78 is 1.24. The molecule has 0 atom stereocenters. The van der Waals surface area contributed by atoms with E-state index in [4.69, 9.17) is 0 Å². The van der Waals surface area contributed by atoms with Gasteiger partial charge in [-0.25, -0.2) is 0 Å². The summed E-state index contributed by atoms with van der Waals surface area (Å²) in [5, 5.41) is 13.9. The van der Waals surface area contributed by atoms with Gasteiger partial charge < -0.3 is 5.32 Å². The van der Waals surface area contributed by atoms with E-state index in [0.29, 0.717) is 23.1 Å². The number of carbonyl (C=O) groups excluding carboxylic acids is 3. The van der Waals surface area contributed by atoms with E-state index in [1.807, 2.05) is 6.07 Å². The number of nitriles is 1. The summed E-state index contributed by atoms with van der Waals surface area (Å²) in [6.07, 6.45) is 0. The van der Waals surface area contributed by atoms with Crippen LogP contribution in [-0.4, -0.2) is 21.6 Å². The van der Waals surface area contributed by atoms with Gasteiger partial charge in [-0.2, -0.15) is 5.26 Å². The number of carbonyl (C=O) groups is 3. The quantitative estimate of drug-likeness (QED) is 0.623. The van der Waals surface area contributed by atoms with Crippen molar-refractivity contribution in [2.45, 2.75) is 0 Å². The number of benzene rings is 2. The molecule has 1 aromatic heterocycles. The highest BCUT2D eigenvalue weighted by Crippen LogP contribution is 2.22. The molecular weight excluding hydrogens is 436 g/mol. The molecule has 0 aliphatic carbocycles. The molecule has 2 N–H and O–H groups in total. The summed E-state index contributed by atoms with van der Waals surface area (Å²) in [7, 11) is 0. The van der Waals surface area contributed by atoms with Gasteiger partial charge in [-0.3, -0.25) is 29.1 Å². The van der Waals surface area contributed by atoms with Gasteiger partial charge in [0.15, 0.2) is 5.57 Å². The highest BCUT2D eigenvalue weighted by atomic mass is 32.2. The molecule has 1 aliphatic heterocycles. The van der Waals surface area contributed by atoms with E-state index < -0.39 is 22.6 Å². The molecule has 152 valence electrons. The number of para-hydroxylation sites is 2. The van der Waals surface area contributed by atoms with Crippen LogP contribution >= 0.6 is 23.1 Å². The standard InChI is InChI=1S/C21H12N4O4S2/c22-11-14(17(26)23-12-7-3-1-4-8-12)20-25(13-9-5-2-6-10-13)19(28)16(30-20)15-18(27)24-21(29)31-15/h1-10H,(H,23,26)(H,24,27,29). The zero-order valence-electron chi connectivity index (χ0n) is 15.6. The molecule has 0 spiro atoms. The average molecular weight is 448 g/mol. The predicted molar refractivity (Wildman–Crippen MR) is 118 cm³/mol. The number of nitrogens with one attached hydrogen (secondary N) is 2. The van der Waals surface area contributed by atoms with Gasteiger partial charge in [0.05, 0.1) is 5.69 Å². The summed E-state index contributed by atoms with van der Waals surface area (Å²) in [6, 6.07) is 18.9. The number of hydrogen-bond acceptors (Lipinski definition) is 7. The average Bonchev–Trinajstić information content (AvgIpc) is 3.28. The normalized spacial score (nSPS) is 15.8. The monoisotopic (exact) mass is 448 g/mol. The number of anilines is 1. The SMILES string of the molecule is N#CC(C(=O)Nc1ccccc1)=c1sc(=C2SC(=O)NC2=O)c(=O)n1-c1ccccc1. The Morgan fingerprint density at radius 1 is 1.00 bits per heavy atom. The van der Waals surface area contributed by atoms with E-state index in [-0.39, 0.29) is 19.7 Å². The minimum absolute atomic E-state index is 0.0209. The maximum absolute atomic E-state index is 13.2. The number of aromatic nitrogens is 1. The summed E-state index contributed by atoms with van der Waals surface area (Å²) in [5.74, 6) is -1.39. The fraction of sp³-hybridized carbons (Fsp3) is 0. The Bertz CT molecular complexity index is 1430. The van der Waals surface area contributed by atoms with Crippen LogP contribution in [0, 0.1) is 11.3 Å². The van der Waals surface area contributed by atoms with E-state index in [0.717, 1.165) is 11.3 Å². The van der Waals surface area contributed by atoms with Gasteiger partial charge in [0.2, 0.25) is 0 Å². The van der Waals surface area contributed by atoms with Gasteiger partial charge in [-0.15, -0.1) is 11.3 Å². The van der Waals surface area contributed by atoms with Crippen LogP contribution in [0.1, 0.15) is 0 Å². The van der Waals surface area contributed by atoms with Gasteiger partial charge >= 0.3 is 0 Å². The first kappa shape index (κ1) is 20.3. The number of imide groups is 1. The lowest BCUT2D eigenvalue weighted by Crippen LogP contribution is -2.33. The van der Waals surface area contributed by atoms with Gasteiger partial charge in [-0.05, 0) is 36.0 Å². The summed E-state index contributed by atoms with van der Waals surface area (Å²) in [5.41, 5.74) is 0.00660. The van der Waals surface area contributed by atoms with Crippen LogP contribution in [0.5, 0.6) is 0 Å². The second-order valence-corrected chi connectivity index (χ2v) is 8.17. The molecule has 8 nitrogen and oxygen atoms in total. The van der Waals surface area contributed by atoms with Crippen LogP contribution in [0.15, 0.2) is 65.5 Å². The van der Waals surface area contributed by atoms with Crippen molar-refractivity contribution in [2.24, 2.45) is 0 Å². The van der Waals surface area contributed by atoms with Gasteiger partial charge in [0, 0.05) is 5.69 Å². The van der Waals surface area contributed by atoms with Crippen LogP contribution in [-0.2, 0) is 9.59 Å². The van der Waals surface area contributed by atoms with E-state index in [2.05, 4.69) is 10.6 Å². The lowest BCUT2D eigenvalue weighted by molar-refractivity contribution is -0.114. The lowest BCUT2D eigenvalue weighted by atomic mass is 10.2. The molecule has 3 amide bonds. The first-order valence-electron chi connectivity index (χ1n) is 8.85. The third-order valence-electron chi connectivity index (χ3n) is 4.22. The second-order valence-electron chi connectivity index (χ2n) is 6.19. The fourth-order valence-corrected chi connectivity index (χ4v) is 4.85. The zero-order chi connectivity index (χ0) is 22.0. The molecule has 1 saturated heterocycles. The highest BCUT2D eigenvalue weighted by molar-refractivity contribution is 8.23. The van der Waals surface area contributed by atoms with Crippen molar-refractivity contribution < 1.29 is 14.4 Å². The molecule has 31 heavy (non-hydrogen) atoms. The van der Waals surface area contributed by atoms with Crippen molar-refractivity contribution >= 4 is 56.3 Å². The van der Waals surface area contributed by atoms with Gasteiger partial charge in [-0.1, -0.05) is 36.4 Å². The van der Waals surface area contributed by atoms with Crippen molar-refractivity contribution in [2.75, 3.05) is 5.32 Å². The Labute approximate surface area is 183 Å². The van der Waals surface area contributed by atoms with Gasteiger partial charge in [0.1, 0.15) is 20.2 Å². The summed E-state index contributed by atoms with van der Waals surface area (Å²) in [6.45, 7) is 0. The van der Waals surface area contributed by atoms with Crippen LogP contribution in [0.4, 0.5) is 10.5 Å². The van der Waals surface area contributed by atoms with Crippen molar-refractivity contribution in [3.63, 3.8) is 0 Å². The Balaban J connectivity index is 2.01. The molecule has 3 aromatic rings. The molecule has 0 radical (unpaired) electrons. The summed E-state index contributed by atoms with van der Waals surface area (Å²) in [4.78, 5) is 49.7. The van der Waals surface area contributed by atoms with E-state index in [9.17, 15) is 24.4 Å². The number of thioether (sulfide) groups is 1. The Morgan fingerprint density at radius 2 is 1.65 bits per heavy atom. The molecule has 1 fully saturated rings. The van der Waals surface area contributed by atoms with Crippen molar-refractivity contribution in [1.82, 2.24) is 9.88 Å². The smallest absolute Gasteiger partial charge is 0.290 e. The molecule has 0 saturated carbocycles. The topological polar surface area (TPSA) is 121 Å². The Morgan fingerprint density at radius 3 is 2.23 bits per heavy atom. The molecule has 4 rings (SSSR count). The Hall–Kier alpha value is -3.94. The third kappa shape index (κ3) is 3.92. The number of hydrogen-bond donors (Lipinski definition) is 2. The molecule has 2 aromatic carbocycles. The molecule has 0 bridgehead atoms. The first-order valence-corrected chi connectivity index (χ1v) is 10.5. The van der Waals surface area contributed by atoms with Crippen molar-refractivity contribution in [3.8, 4) is 11.8 Å². The minimum atomic E-state index is -0.698. The maximum atomic E-state index is 13.2. The maximum Gasteiger partial charge on any atom is 0.290 e. The predicted octanol–water partition coefficient (Wildman–Crippen LogP) is 1.30. The number of amides is 3. The number of thiazole rings is 1. The van der Waals surface area contributed by atoms with Crippen molar-refractivity contribution in [1.29, 1.82) is 5.26 Å². The van der Waals surface area contributed by atoms with Crippen LogP contribution in [0.3, 0.4) is 0 Å². The zero-order valence-corrected chi connectivity index (χ0v) is 17.3.